The molecule has 19 nitrogen and oxygen atoms in total. The van der Waals surface area contributed by atoms with Crippen LogP contribution in [0, 0.1) is 5.92 Å². The molecular weight excluding hydrogens is 807 g/mol. The third-order valence-corrected chi connectivity index (χ3v) is 11.0. The first-order chi connectivity index (χ1) is 28.3. The number of aliphatic carboxylic acids is 4. The highest BCUT2D eigenvalue weighted by Crippen LogP contribution is 2.56. The minimum Gasteiger partial charge on any atom is -0.508 e. The normalized spacial score (nSPS) is 22.3. The number of aromatic hydroxyl groups is 1. The van der Waals surface area contributed by atoms with Gasteiger partial charge in [-0.15, -0.1) is 11.0 Å². The first-order valence-corrected chi connectivity index (χ1v) is 20.4. The molecule has 0 amide bonds. The number of β-amino-alcohol motifs (C(OH)–C–C–N with tert-alkyl or cyclic N) is 1. The van der Waals surface area contributed by atoms with Crippen LogP contribution in [0.1, 0.15) is 64.0 Å². The second kappa shape index (κ2) is 23.3. The molecule has 2 saturated heterocycles. The molecular formula is C40H59N5O14S. The minimum atomic E-state index is -2.27. The molecule has 2 aliphatic carbocycles. The maximum absolute atomic E-state index is 9.98. The largest absolute Gasteiger partial charge is 0.508 e. The molecule has 1 aromatic heterocycles. The number of aliphatic hydroxyl groups excluding tert-OH is 3. The highest BCUT2D eigenvalue weighted by Gasteiger charge is 2.53. The van der Waals surface area contributed by atoms with Crippen LogP contribution in [-0.2, 0) is 35.8 Å². The van der Waals surface area contributed by atoms with Crippen LogP contribution in [0.3, 0.4) is 0 Å². The fraction of sp³-hybridized carbons (Fsp3) is 0.600. The van der Waals surface area contributed by atoms with E-state index in [1.165, 1.54) is 49.8 Å². The van der Waals surface area contributed by atoms with Crippen LogP contribution in [0.4, 0.5) is 5.82 Å². The van der Waals surface area contributed by atoms with E-state index in [0.717, 1.165) is 49.5 Å². The number of benzene rings is 1. The van der Waals surface area contributed by atoms with Gasteiger partial charge in [-0.2, -0.15) is 4.37 Å². The van der Waals surface area contributed by atoms with Gasteiger partial charge in [0.15, 0.2) is 12.2 Å². The third-order valence-electron chi connectivity index (χ3n) is 10.5. The maximum atomic E-state index is 9.98. The molecule has 60 heavy (non-hydrogen) atoms. The Hall–Kier alpha value is -4.70. The van der Waals surface area contributed by atoms with Gasteiger partial charge in [0.1, 0.15) is 18.5 Å². The average Bonchev–Trinajstić information content (AvgIpc) is 3.69. The number of phenols is 1. The molecule has 2 bridgehead atoms. The second-order valence-electron chi connectivity index (χ2n) is 15.8. The van der Waals surface area contributed by atoms with Crippen molar-refractivity contribution in [3.05, 3.63) is 54.1 Å². The molecule has 1 aromatic carbocycles. The molecule has 334 valence electrons. The Bertz CT molecular complexity index is 1730. The monoisotopic (exact) mass is 865 g/mol. The van der Waals surface area contributed by atoms with Crippen molar-refractivity contribution in [3.8, 4) is 11.6 Å². The predicted octanol–water partition coefficient (Wildman–Crippen LogP) is 1.73. The summed E-state index contributed by atoms with van der Waals surface area (Å²) in [5.41, 5.74) is 3.26. The molecule has 2 aromatic rings. The van der Waals surface area contributed by atoms with Crippen molar-refractivity contribution in [2.75, 3.05) is 57.4 Å². The van der Waals surface area contributed by atoms with Gasteiger partial charge in [0, 0.05) is 55.3 Å². The van der Waals surface area contributed by atoms with E-state index in [9.17, 15) is 29.4 Å². The van der Waals surface area contributed by atoms with E-state index in [1.54, 1.807) is 0 Å². The zero-order valence-corrected chi connectivity index (χ0v) is 35.0. The number of phenolic OH excluding ortho intramolecular Hbond substituents is 1. The lowest BCUT2D eigenvalue weighted by Gasteiger charge is -2.59. The number of likely N-dealkylation sites (tertiary alicyclic amines) is 1. The number of carboxylic acid groups (broad SMARTS) is 4. The van der Waals surface area contributed by atoms with E-state index in [4.69, 9.17) is 40.1 Å². The highest BCUT2D eigenvalue weighted by molar-refractivity contribution is 6.99. The fourth-order valence-electron chi connectivity index (χ4n) is 7.77. The van der Waals surface area contributed by atoms with Crippen LogP contribution < -0.4 is 15.0 Å². The van der Waals surface area contributed by atoms with Gasteiger partial charge in [-0.25, -0.2) is 19.2 Å². The van der Waals surface area contributed by atoms with E-state index in [-0.39, 0.29) is 12.1 Å². The number of morpholine rings is 1. The first-order valence-electron chi connectivity index (χ1n) is 19.6. The third kappa shape index (κ3) is 14.8. The van der Waals surface area contributed by atoms with Gasteiger partial charge in [0.2, 0.25) is 5.82 Å². The van der Waals surface area contributed by atoms with E-state index >= 15 is 0 Å². The average molecular weight is 866 g/mol. The van der Waals surface area contributed by atoms with Gasteiger partial charge >= 0.3 is 23.9 Å². The number of carbonyl (C=O) groups is 4. The number of carboxylic acids is 4. The Morgan fingerprint density at radius 1 is 0.983 bits per heavy atom. The fourth-order valence-corrected chi connectivity index (χ4v) is 8.29. The van der Waals surface area contributed by atoms with Gasteiger partial charge < -0.3 is 60.5 Å². The number of anilines is 1. The Labute approximate surface area is 352 Å². The predicted molar refractivity (Wildman–Crippen MR) is 220 cm³/mol. The van der Waals surface area contributed by atoms with E-state index < -0.39 is 42.2 Å². The maximum Gasteiger partial charge on any atom is 0.335 e. The van der Waals surface area contributed by atoms with Gasteiger partial charge in [-0.3, -0.25) is 4.90 Å². The zero-order chi connectivity index (χ0) is 44.6. The molecule has 4 aliphatic rings. The number of nitrogens with one attached hydrogen (secondary N) is 1. The summed E-state index contributed by atoms with van der Waals surface area (Å²) in [7, 11) is 0. The molecule has 20 heteroatoms. The quantitative estimate of drug-likeness (QED) is 0.102. The summed E-state index contributed by atoms with van der Waals surface area (Å²) in [6, 6.07) is 6.79. The van der Waals surface area contributed by atoms with E-state index in [1.807, 2.05) is 6.07 Å². The number of hydrogen-bond donors (Lipinski definition) is 9. The molecule has 1 saturated carbocycles. The van der Waals surface area contributed by atoms with Crippen molar-refractivity contribution in [2.24, 2.45) is 5.92 Å². The summed E-state index contributed by atoms with van der Waals surface area (Å²) in [6.45, 7) is 16.0. The Kier molecular flexibility index (Phi) is 19.3. The summed E-state index contributed by atoms with van der Waals surface area (Å²) in [4.78, 5) is 43.4. The molecule has 9 N–H and O–H groups in total. The van der Waals surface area contributed by atoms with Crippen LogP contribution in [0.2, 0.25) is 0 Å². The topological polar surface area (TPSA) is 293 Å². The SMILES string of the molecule is C=CCN1CC[C@]23CCCC[C@H]2[C@H]1Cc1ccc(O)cc13.CC(C)(C)NC[C@H](O)COc1nsnc1N1CCOCC1.O=C(O)/C=C\C(=O)O.O=C(O)C(O)C(O)C(=O)O. The van der Waals surface area contributed by atoms with Crippen LogP contribution >= 0.6 is 11.7 Å². The van der Waals surface area contributed by atoms with Gasteiger partial charge in [-0.05, 0) is 82.2 Å². The summed E-state index contributed by atoms with van der Waals surface area (Å²) in [5.74, 6) is -3.59. The first kappa shape index (κ1) is 49.7. The number of aliphatic hydroxyl groups is 3. The standard InChI is InChI=1S/C19H25NO.C13H24N4O3S.C4H6O6.C4H4O4/c1-2-10-20-11-9-19-8-4-3-5-16(19)18(20)12-14-6-7-15(21)13-17(14)19;1-13(2,3)14-8-10(18)9-20-12-11(15-21-16-12)17-4-6-19-7-5-17;5-1(3(7)8)2(6)4(9)10;5-3(6)1-2-4(7)8/h2,6-7,13,16,18,21H,1,3-5,8-12H2;10,14,18H,4-9H2,1-3H3;1-2,5-6H,(H,7,8)(H,9,10);1-2H,(H,5,6)(H,7,8)/b;;;2-1-/t16-,18+,19+;10-;;/m00../s1. The van der Waals surface area contributed by atoms with Crippen molar-refractivity contribution in [3.63, 3.8) is 0 Å². The van der Waals surface area contributed by atoms with E-state index in [2.05, 4.69) is 69.4 Å². The Morgan fingerprint density at radius 3 is 2.18 bits per heavy atom. The van der Waals surface area contributed by atoms with Crippen molar-refractivity contribution in [1.82, 2.24) is 19.0 Å². The van der Waals surface area contributed by atoms with Gasteiger partial charge in [-0.1, -0.05) is 25.0 Å². The summed E-state index contributed by atoms with van der Waals surface area (Å²) in [5, 5.41) is 71.3. The molecule has 6 atom stereocenters. The Morgan fingerprint density at radius 2 is 1.62 bits per heavy atom. The molecule has 6 rings (SSSR count). The summed E-state index contributed by atoms with van der Waals surface area (Å²) in [6.07, 6.45) is 5.85. The molecule has 0 spiro atoms. The number of hydrogen-bond acceptors (Lipinski definition) is 16. The zero-order valence-electron chi connectivity index (χ0n) is 34.2. The molecule has 0 radical (unpaired) electrons. The van der Waals surface area contributed by atoms with Crippen molar-refractivity contribution < 1.29 is 69.5 Å². The highest BCUT2D eigenvalue weighted by atomic mass is 32.1. The molecule has 2 unspecified atom stereocenters. The minimum absolute atomic E-state index is 0.0257. The Balaban J connectivity index is 0.000000232. The number of rotatable bonds is 13. The molecule has 3 fully saturated rings. The van der Waals surface area contributed by atoms with Crippen molar-refractivity contribution in [2.45, 2.75) is 94.6 Å². The van der Waals surface area contributed by atoms with Crippen LogP contribution in [0.5, 0.6) is 11.6 Å². The van der Waals surface area contributed by atoms with Crippen molar-refractivity contribution in [1.29, 1.82) is 0 Å². The number of ether oxygens (including phenoxy) is 2. The second-order valence-corrected chi connectivity index (χ2v) is 16.3. The van der Waals surface area contributed by atoms with Gasteiger partial charge in [0.05, 0.1) is 24.9 Å². The molecule has 3 heterocycles. The van der Waals surface area contributed by atoms with E-state index in [0.29, 0.717) is 55.0 Å². The lowest BCUT2D eigenvalue weighted by atomic mass is 9.52. The summed E-state index contributed by atoms with van der Waals surface area (Å²) >= 11 is 1.12. The van der Waals surface area contributed by atoms with Crippen LogP contribution in [-0.4, -0.2) is 161 Å². The number of aromatic nitrogens is 2. The van der Waals surface area contributed by atoms with Crippen LogP contribution in [0.15, 0.2) is 43.0 Å². The number of fused-ring (bicyclic) bond motifs is 1. The van der Waals surface area contributed by atoms with Gasteiger partial charge in [0.25, 0.3) is 5.88 Å². The lowest BCUT2D eigenvalue weighted by Crippen LogP contribution is -2.60. The summed E-state index contributed by atoms with van der Waals surface area (Å²) < 4.78 is 19.4. The van der Waals surface area contributed by atoms with Crippen LogP contribution in [0.25, 0.3) is 0 Å². The number of nitrogens with zero attached hydrogens (tertiary/aromatic N) is 4. The number of piperidine rings is 1. The molecule has 2 aliphatic heterocycles. The smallest absolute Gasteiger partial charge is 0.335 e. The van der Waals surface area contributed by atoms with Crippen molar-refractivity contribution >= 4 is 41.4 Å². The lowest BCUT2D eigenvalue weighted by molar-refractivity contribution is -0.165.